The number of benzene rings is 1. The monoisotopic (exact) mass is 274 g/mol. The van der Waals surface area contributed by atoms with E-state index in [1.165, 1.54) is 25.3 Å². The highest BCUT2D eigenvalue weighted by Crippen LogP contribution is 2.43. The third kappa shape index (κ3) is 2.11. The van der Waals surface area contributed by atoms with E-state index >= 15 is 0 Å². The molecule has 0 amide bonds. The lowest BCUT2D eigenvalue weighted by Crippen LogP contribution is -2.12. The maximum absolute atomic E-state index is 13.1. The molecule has 1 aromatic heterocycles. The van der Waals surface area contributed by atoms with Crippen LogP contribution < -0.4 is 4.74 Å². The van der Waals surface area contributed by atoms with Crippen molar-refractivity contribution in [3.05, 3.63) is 29.5 Å². The van der Waals surface area contributed by atoms with Gasteiger partial charge in [0, 0.05) is 0 Å². The number of ether oxygens (including phenoxy) is 2. The number of methoxy groups -OCH3 is 2. The van der Waals surface area contributed by atoms with E-state index < -0.39 is 23.5 Å². The summed E-state index contributed by atoms with van der Waals surface area (Å²) in [6.07, 6.45) is -4.76. The average Bonchev–Trinajstić information content (AvgIpc) is 2.76. The lowest BCUT2D eigenvalue weighted by atomic mass is 10.1. The van der Waals surface area contributed by atoms with Gasteiger partial charge in [0.05, 0.1) is 19.6 Å². The molecule has 7 heteroatoms. The molecule has 0 saturated heterocycles. The van der Waals surface area contributed by atoms with E-state index in [0.29, 0.717) is 0 Å². The number of esters is 1. The van der Waals surface area contributed by atoms with Crippen LogP contribution in [0.1, 0.15) is 16.1 Å². The third-order valence-corrected chi connectivity index (χ3v) is 2.55. The number of halogens is 3. The van der Waals surface area contributed by atoms with Crippen molar-refractivity contribution in [2.24, 2.45) is 0 Å². The van der Waals surface area contributed by atoms with Crippen LogP contribution in [-0.4, -0.2) is 20.2 Å². The Hall–Kier alpha value is -2.18. The summed E-state index contributed by atoms with van der Waals surface area (Å²) in [5, 5.41) is -0.294. The van der Waals surface area contributed by atoms with Gasteiger partial charge in [-0.25, -0.2) is 4.79 Å². The molecule has 2 rings (SSSR count). The van der Waals surface area contributed by atoms with E-state index in [1.54, 1.807) is 0 Å². The SMILES string of the molecule is COC(=O)c1oc2cccc(OC)c2c1C(F)(F)F. The number of carbonyl (C=O) groups is 1. The molecule has 4 nitrogen and oxygen atoms in total. The molecule has 1 heterocycles. The van der Waals surface area contributed by atoms with Gasteiger partial charge in [-0.15, -0.1) is 0 Å². The predicted octanol–water partition coefficient (Wildman–Crippen LogP) is 3.25. The lowest BCUT2D eigenvalue weighted by Gasteiger charge is -2.08. The second-order valence-corrected chi connectivity index (χ2v) is 3.63. The lowest BCUT2D eigenvalue weighted by molar-refractivity contribution is -0.137. The van der Waals surface area contributed by atoms with Gasteiger partial charge in [-0.05, 0) is 12.1 Å². The van der Waals surface area contributed by atoms with Crippen LogP contribution in [0.3, 0.4) is 0 Å². The molecule has 0 radical (unpaired) electrons. The van der Waals surface area contributed by atoms with Gasteiger partial charge in [-0.1, -0.05) is 6.07 Å². The van der Waals surface area contributed by atoms with E-state index in [2.05, 4.69) is 4.74 Å². The summed E-state index contributed by atoms with van der Waals surface area (Å²) >= 11 is 0. The Balaban J connectivity index is 2.87. The summed E-state index contributed by atoms with van der Waals surface area (Å²) in [5.41, 5.74) is -1.28. The maximum Gasteiger partial charge on any atom is 0.421 e. The fourth-order valence-corrected chi connectivity index (χ4v) is 1.79. The molecule has 0 aliphatic carbocycles. The van der Waals surface area contributed by atoms with Crippen molar-refractivity contribution in [1.82, 2.24) is 0 Å². The summed E-state index contributed by atoms with van der Waals surface area (Å²) in [7, 11) is 2.21. The molecule has 0 unspecified atom stereocenters. The van der Waals surface area contributed by atoms with Crippen LogP contribution >= 0.6 is 0 Å². The van der Waals surface area contributed by atoms with Gasteiger partial charge >= 0.3 is 12.1 Å². The van der Waals surface area contributed by atoms with Crippen LogP contribution in [0.2, 0.25) is 0 Å². The number of alkyl halides is 3. The first-order valence-corrected chi connectivity index (χ1v) is 5.15. The van der Waals surface area contributed by atoms with Gasteiger partial charge in [0.15, 0.2) is 0 Å². The Morgan fingerprint density at radius 3 is 2.47 bits per heavy atom. The van der Waals surface area contributed by atoms with Crippen LogP contribution in [0.15, 0.2) is 22.6 Å². The molecule has 19 heavy (non-hydrogen) atoms. The Bertz CT molecular complexity index is 628. The first-order valence-electron chi connectivity index (χ1n) is 5.15. The first kappa shape index (κ1) is 13.3. The van der Waals surface area contributed by atoms with E-state index in [-0.39, 0.29) is 16.7 Å². The minimum Gasteiger partial charge on any atom is -0.496 e. The minimum atomic E-state index is -4.76. The average molecular weight is 274 g/mol. The molecule has 0 atom stereocenters. The predicted molar refractivity (Wildman–Crippen MR) is 59.1 cm³/mol. The molecule has 102 valence electrons. The van der Waals surface area contributed by atoms with Crippen LogP contribution in [0.25, 0.3) is 11.0 Å². The Morgan fingerprint density at radius 1 is 1.26 bits per heavy atom. The molecule has 2 aromatic rings. The zero-order valence-electron chi connectivity index (χ0n) is 10.00. The second kappa shape index (κ2) is 4.49. The summed E-state index contributed by atoms with van der Waals surface area (Å²) in [5.74, 6) is -2.09. The Kier molecular flexibility index (Phi) is 3.13. The largest absolute Gasteiger partial charge is 0.496 e. The topological polar surface area (TPSA) is 48.7 Å². The van der Waals surface area contributed by atoms with Gasteiger partial charge in [-0.2, -0.15) is 13.2 Å². The molecule has 0 aliphatic rings. The normalized spacial score (nSPS) is 11.6. The fourth-order valence-electron chi connectivity index (χ4n) is 1.79. The number of hydrogen-bond acceptors (Lipinski definition) is 4. The standard InChI is InChI=1S/C12H9F3O4/c1-17-6-4-3-5-7-8(6)9(12(13,14)15)10(19-7)11(16)18-2/h3-5H,1-2H3. The van der Waals surface area contributed by atoms with Crippen molar-refractivity contribution in [1.29, 1.82) is 0 Å². The van der Waals surface area contributed by atoms with Gasteiger partial charge in [-0.3, -0.25) is 0 Å². The quantitative estimate of drug-likeness (QED) is 0.789. The van der Waals surface area contributed by atoms with Crippen LogP contribution in [0, 0.1) is 0 Å². The minimum absolute atomic E-state index is 0.0243. The summed E-state index contributed by atoms with van der Waals surface area (Å²) in [6, 6.07) is 4.14. The van der Waals surface area contributed by atoms with Crippen LogP contribution in [-0.2, 0) is 10.9 Å². The van der Waals surface area contributed by atoms with Gasteiger partial charge in [0.25, 0.3) is 0 Å². The van der Waals surface area contributed by atoms with Crippen molar-refractivity contribution in [3.8, 4) is 5.75 Å². The van der Waals surface area contributed by atoms with E-state index in [1.807, 2.05) is 0 Å². The summed E-state index contributed by atoms with van der Waals surface area (Å²) in [6.45, 7) is 0. The van der Waals surface area contributed by atoms with Gasteiger partial charge in [0.2, 0.25) is 5.76 Å². The van der Waals surface area contributed by atoms with Crippen LogP contribution in [0.4, 0.5) is 13.2 Å². The first-order chi connectivity index (χ1) is 8.90. The fraction of sp³-hybridized carbons (Fsp3) is 0.250. The molecule has 0 spiro atoms. The summed E-state index contributed by atoms with van der Waals surface area (Å²) < 4.78 is 53.4. The molecule has 0 aliphatic heterocycles. The van der Waals surface area contributed by atoms with Crippen molar-refractivity contribution >= 4 is 16.9 Å². The maximum atomic E-state index is 13.1. The van der Waals surface area contributed by atoms with Crippen molar-refractivity contribution in [3.63, 3.8) is 0 Å². The van der Waals surface area contributed by atoms with Crippen molar-refractivity contribution in [2.45, 2.75) is 6.18 Å². The zero-order chi connectivity index (χ0) is 14.2. The highest BCUT2D eigenvalue weighted by Gasteiger charge is 2.42. The summed E-state index contributed by atoms with van der Waals surface area (Å²) in [4.78, 5) is 11.4. The van der Waals surface area contributed by atoms with Crippen LogP contribution in [0.5, 0.6) is 5.75 Å². The number of furan rings is 1. The van der Waals surface area contributed by atoms with Gasteiger partial charge < -0.3 is 13.9 Å². The third-order valence-electron chi connectivity index (χ3n) is 2.55. The highest BCUT2D eigenvalue weighted by molar-refractivity contribution is 5.99. The Morgan fingerprint density at radius 2 is 1.95 bits per heavy atom. The number of fused-ring (bicyclic) bond motifs is 1. The Labute approximate surface area is 105 Å². The van der Waals surface area contributed by atoms with Gasteiger partial charge in [0.1, 0.15) is 16.9 Å². The molecule has 0 saturated carbocycles. The zero-order valence-corrected chi connectivity index (χ0v) is 10.00. The molecular formula is C12H9F3O4. The second-order valence-electron chi connectivity index (χ2n) is 3.63. The molecule has 1 aromatic carbocycles. The smallest absolute Gasteiger partial charge is 0.421 e. The van der Waals surface area contributed by atoms with E-state index in [9.17, 15) is 18.0 Å². The number of hydrogen-bond donors (Lipinski definition) is 0. The molecule has 0 bridgehead atoms. The highest BCUT2D eigenvalue weighted by atomic mass is 19.4. The van der Waals surface area contributed by atoms with E-state index in [4.69, 9.17) is 9.15 Å². The molecule has 0 N–H and O–H groups in total. The van der Waals surface area contributed by atoms with Crippen molar-refractivity contribution in [2.75, 3.05) is 14.2 Å². The molecule has 0 fully saturated rings. The molecular weight excluding hydrogens is 265 g/mol. The van der Waals surface area contributed by atoms with E-state index in [0.717, 1.165) is 7.11 Å². The number of carbonyl (C=O) groups excluding carboxylic acids is 1. The van der Waals surface area contributed by atoms with Crippen molar-refractivity contribution < 1.29 is 31.9 Å². The number of rotatable bonds is 2.